The number of halogens is 6. The van der Waals surface area contributed by atoms with Gasteiger partial charge in [-0.15, -0.1) is 0 Å². The Hall–Kier alpha value is -0.720. The topological polar surface area (TPSA) is 23.5 Å². The molecule has 8 heteroatoms. The van der Waals surface area contributed by atoms with E-state index >= 15 is 0 Å². The van der Waals surface area contributed by atoms with Gasteiger partial charge in [-0.2, -0.15) is 17.6 Å². The van der Waals surface area contributed by atoms with Crippen molar-refractivity contribution in [3.05, 3.63) is 29.8 Å². The number of anilines is 1. The first kappa shape index (κ1) is 15.7. The molecule has 2 rings (SSSR count). The van der Waals surface area contributed by atoms with E-state index in [9.17, 15) is 22.7 Å². The van der Waals surface area contributed by atoms with Gasteiger partial charge in [0.25, 0.3) is 0 Å². The number of alkyl halides is 6. The van der Waals surface area contributed by atoms with Crippen LogP contribution in [0.3, 0.4) is 0 Å². The molecular weight excluding hydrogens is 321 g/mol. The van der Waals surface area contributed by atoms with Crippen molar-refractivity contribution in [3.8, 4) is 0 Å². The van der Waals surface area contributed by atoms with E-state index in [2.05, 4.69) is 0 Å². The van der Waals surface area contributed by atoms with Crippen LogP contribution in [0.1, 0.15) is 5.56 Å². The van der Waals surface area contributed by atoms with Crippen LogP contribution >= 0.6 is 23.2 Å². The highest BCUT2D eigenvalue weighted by Crippen LogP contribution is 2.72. The van der Waals surface area contributed by atoms with Gasteiger partial charge < -0.3 is 10.0 Å². The van der Waals surface area contributed by atoms with E-state index in [1.807, 2.05) is 0 Å². The predicted octanol–water partition coefficient (Wildman–Crippen LogP) is 3.40. The third-order valence-corrected chi connectivity index (χ3v) is 4.52. The van der Waals surface area contributed by atoms with Gasteiger partial charge in [0.05, 0.1) is 0 Å². The Kier molecular flexibility index (Phi) is 3.25. The van der Waals surface area contributed by atoms with Crippen LogP contribution < -0.4 is 4.90 Å². The zero-order chi connectivity index (χ0) is 15.6. The van der Waals surface area contributed by atoms with Crippen molar-refractivity contribution in [2.24, 2.45) is 0 Å². The molecule has 0 radical (unpaired) electrons. The molecule has 1 atom stereocenters. The maximum atomic E-state index is 13.6. The van der Waals surface area contributed by atoms with Gasteiger partial charge in [0.2, 0.25) is 4.33 Å². The van der Waals surface area contributed by atoms with Gasteiger partial charge >= 0.3 is 11.8 Å². The Morgan fingerprint density at radius 3 is 1.75 bits per heavy atom. The number of hydrogen-bond acceptors (Lipinski definition) is 2. The molecule has 0 spiro atoms. The molecule has 1 saturated carbocycles. The lowest BCUT2D eigenvalue weighted by Crippen LogP contribution is -2.83. The normalized spacial score (nSPS) is 29.6. The monoisotopic (exact) mass is 331 g/mol. The smallest absolute Gasteiger partial charge is 0.349 e. The highest BCUT2D eigenvalue weighted by atomic mass is 35.5. The summed E-state index contributed by atoms with van der Waals surface area (Å²) in [5.74, 6) is -9.48. The minimum atomic E-state index is -4.76. The van der Waals surface area contributed by atoms with Crippen LogP contribution in [0.25, 0.3) is 0 Å². The molecule has 0 aliphatic heterocycles. The van der Waals surface area contributed by atoms with Crippen molar-refractivity contribution >= 4 is 28.9 Å². The molecule has 1 aliphatic rings. The third-order valence-electron chi connectivity index (χ3n) is 3.50. The van der Waals surface area contributed by atoms with E-state index in [1.54, 1.807) is 19.0 Å². The molecule has 1 aliphatic carbocycles. The molecular formula is C12H11Cl2F4NO. The summed E-state index contributed by atoms with van der Waals surface area (Å²) in [4.78, 5) is 1.68. The van der Waals surface area contributed by atoms with Gasteiger partial charge in [-0.1, -0.05) is 35.3 Å². The molecule has 1 unspecified atom stereocenters. The average molecular weight is 332 g/mol. The lowest BCUT2D eigenvalue weighted by Gasteiger charge is -2.58. The summed E-state index contributed by atoms with van der Waals surface area (Å²) in [7, 11) is 3.42. The highest BCUT2D eigenvalue weighted by Gasteiger charge is 2.95. The maximum absolute atomic E-state index is 13.6. The van der Waals surface area contributed by atoms with Crippen LogP contribution in [0.15, 0.2) is 24.3 Å². The number of rotatable bonds is 2. The van der Waals surface area contributed by atoms with Crippen LogP contribution in [0.2, 0.25) is 0 Å². The molecule has 0 bridgehead atoms. The average Bonchev–Trinajstić information content (AvgIpc) is 2.36. The molecule has 0 amide bonds. The van der Waals surface area contributed by atoms with Crippen LogP contribution in [0.5, 0.6) is 0 Å². The first-order valence-corrected chi connectivity index (χ1v) is 6.30. The van der Waals surface area contributed by atoms with Gasteiger partial charge in [0, 0.05) is 19.8 Å². The van der Waals surface area contributed by atoms with Crippen molar-refractivity contribution in [2.45, 2.75) is 21.8 Å². The van der Waals surface area contributed by atoms with E-state index in [0.717, 1.165) is 12.1 Å². The summed E-state index contributed by atoms with van der Waals surface area (Å²) in [6.45, 7) is 0. The molecule has 0 heterocycles. The fourth-order valence-corrected chi connectivity index (χ4v) is 2.84. The first-order chi connectivity index (χ1) is 8.91. The SMILES string of the molecule is CN(C)c1ccc(C2(O)C(F)(F)C(F)(F)C2(Cl)Cl)cc1. The third kappa shape index (κ3) is 1.50. The molecule has 1 aromatic rings. The molecule has 112 valence electrons. The molecule has 0 aromatic heterocycles. The Morgan fingerprint density at radius 2 is 1.40 bits per heavy atom. The zero-order valence-electron chi connectivity index (χ0n) is 10.5. The quantitative estimate of drug-likeness (QED) is 0.663. The Morgan fingerprint density at radius 1 is 0.950 bits per heavy atom. The maximum Gasteiger partial charge on any atom is 0.349 e. The Bertz CT molecular complexity index is 513. The molecule has 1 aromatic carbocycles. The van der Waals surface area contributed by atoms with E-state index in [0.29, 0.717) is 5.69 Å². The number of aliphatic hydroxyl groups is 1. The lowest BCUT2D eigenvalue weighted by atomic mass is 9.67. The molecule has 2 nitrogen and oxygen atoms in total. The molecule has 1 N–H and O–H groups in total. The molecule has 0 saturated heterocycles. The van der Waals surface area contributed by atoms with Crippen LogP contribution in [-0.2, 0) is 5.60 Å². The van der Waals surface area contributed by atoms with Crippen molar-refractivity contribution in [1.82, 2.24) is 0 Å². The summed E-state index contributed by atoms with van der Waals surface area (Å²) < 4.78 is 50.5. The van der Waals surface area contributed by atoms with Crippen LogP contribution in [0.4, 0.5) is 23.2 Å². The Balaban J connectivity index is 2.51. The van der Waals surface area contributed by atoms with Gasteiger partial charge in [-0.3, -0.25) is 0 Å². The van der Waals surface area contributed by atoms with Gasteiger partial charge in [-0.05, 0) is 17.7 Å². The van der Waals surface area contributed by atoms with E-state index in [4.69, 9.17) is 23.2 Å². The van der Waals surface area contributed by atoms with E-state index in [-0.39, 0.29) is 0 Å². The second-order valence-corrected chi connectivity index (χ2v) is 6.20. The van der Waals surface area contributed by atoms with Crippen molar-refractivity contribution in [3.63, 3.8) is 0 Å². The fourth-order valence-electron chi connectivity index (χ4n) is 2.15. The number of hydrogen-bond donors (Lipinski definition) is 1. The van der Waals surface area contributed by atoms with Gasteiger partial charge in [-0.25, -0.2) is 0 Å². The van der Waals surface area contributed by atoms with Crippen molar-refractivity contribution in [2.75, 3.05) is 19.0 Å². The van der Waals surface area contributed by atoms with Crippen LogP contribution in [0, 0.1) is 0 Å². The summed E-state index contributed by atoms with van der Waals surface area (Å²) in [5.41, 5.74) is -3.18. The van der Waals surface area contributed by atoms with Gasteiger partial charge in [0.15, 0.2) is 5.60 Å². The Labute approximate surface area is 122 Å². The van der Waals surface area contributed by atoms with Gasteiger partial charge in [0.1, 0.15) is 0 Å². The molecule has 1 fully saturated rings. The number of nitrogens with zero attached hydrogens (tertiary/aromatic N) is 1. The minimum Gasteiger partial charge on any atom is -0.378 e. The predicted molar refractivity (Wildman–Crippen MR) is 69.0 cm³/mol. The molecule has 20 heavy (non-hydrogen) atoms. The van der Waals surface area contributed by atoms with E-state index in [1.165, 1.54) is 12.1 Å². The summed E-state index contributed by atoms with van der Waals surface area (Å²) in [5, 5.41) is 9.99. The first-order valence-electron chi connectivity index (χ1n) is 5.55. The van der Waals surface area contributed by atoms with E-state index < -0.39 is 27.3 Å². The standard InChI is InChI=1S/C12H11Cl2F4NO/c1-19(2)8-5-3-7(4-6-8)9(20)10(13,14)12(17,18)11(9,15)16/h3-6,20H,1-2H3. The zero-order valence-corrected chi connectivity index (χ0v) is 12.0. The lowest BCUT2D eigenvalue weighted by molar-refractivity contribution is -0.392. The van der Waals surface area contributed by atoms with Crippen molar-refractivity contribution < 1.29 is 22.7 Å². The fraction of sp³-hybridized carbons (Fsp3) is 0.500. The largest absolute Gasteiger partial charge is 0.378 e. The van der Waals surface area contributed by atoms with Crippen LogP contribution in [-0.4, -0.2) is 35.4 Å². The minimum absolute atomic E-state index is 0.468. The van der Waals surface area contributed by atoms with Crippen molar-refractivity contribution in [1.29, 1.82) is 0 Å². The second kappa shape index (κ2) is 4.15. The summed E-state index contributed by atoms with van der Waals surface area (Å²) in [6.07, 6.45) is 0. The number of benzene rings is 1. The highest BCUT2D eigenvalue weighted by molar-refractivity contribution is 6.51. The second-order valence-electron chi connectivity index (χ2n) is 4.87. The summed E-state index contributed by atoms with van der Waals surface area (Å²) in [6, 6.07) is 4.98. The summed E-state index contributed by atoms with van der Waals surface area (Å²) >= 11 is 10.6.